The molecule has 0 saturated carbocycles. The fourth-order valence-corrected chi connectivity index (χ4v) is 5.03. The fraction of sp³-hybridized carbons (Fsp3) is 0.889. The van der Waals surface area contributed by atoms with Crippen LogP contribution >= 0.6 is 18.0 Å². The minimum absolute atomic E-state index is 0.0652. The Bertz CT molecular complexity index is 262. The van der Waals surface area contributed by atoms with E-state index in [4.69, 9.17) is 21.0 Å². The average molecular weight is 271 g/mol. The third-order valence-corrected chi connectivity index (χ3v) is 5.12. The van der Waals surface area contributed by atoms with E-state index in [9.17, 15) is 9.79 Å². The molecule has 0 saturated heterocycles. The Balaban J connectivity index is 4.86. The maximum absolute atomic E-state index is 10.1. The van der Waals surface area contributed by atoms with E-state index in [2.05, 4.69) is 0 Å². The van der Waals surface area contributed by atoms with Crippen LogP contribution < -0.4 is 0 Å². The Labute approximate surface area is 102 Å². The van der Waals surface area contributed by atoms with Crippen LogP contribution in [0.5, 0.6) is 0 Å². The molecule has 0 bridgehead atoms. The summed E-state index contributed by atoms with van der Waals surface area (Å²) in [5.41, 5.74) is 0. The van der Waals surface area contributed by atoms with Crippen LogP contribution in [-0.2, 0) is 4.52 Å². The molecule has 0 amide bonds. The van der Waals surface area contributed by atoms with Crippen molar-refractivity contribution >= 4 is 18.0 Å². The second kappa shape index (κ2) is 5.59. The molecule has 16 heavy (non-hydrogen) atoms. The van der Waals surface area contributed by atoms with Crippen molar-refractivity contribution in [2.24, 2.45) is 0 Å². The molecular weight excluding hydrogens is 251 g/mol. The third kappa shape index (κ3) is 4.50. The van der Waals surface area contributed by atoms with Crippen molar-refractivity contribution in [3.8, 4) is 6.07 Å². The van der Waals surface area contributed by atoms with Crippen molar-refractivity contribution in [1.82, 2.24) is 4.67 Å². The molecule has 0 heterocycles. The molecule has 0 aliphatic heterocycles. The summed E-state index contributed by atoms with van der Waals surface area (Å²) in [7, 11) is 0. The molecule has 0 spiro atoms. The first-order valence-electron chi connectivity index (χ1n) is 5.14. The molecule has 0 aromatic heterocycles. The van der Waals surface area contributed by atoms with E-state index in [-0.39, 0.29) is 25.1 Å². The van der Waals surface area contributed by atoms with Gasteiger partial charge in [-0.15, -0.1) is 0 Å². The van der Waals surface area contributed by atoms with Crippen LogP contribution in [0.15, 0.2) is 0 Å². The van der Waals surface area contributed by atoms with Crippen LogP contribution in [-0.4, -0.2) is 33.1 Å². The van der Waals surface area contributed by atoms with Crippen LogP contribution in [0.2, 0.25) is 0 Å². The van der Waals surface area contributed by atoms with E-state index in [1.54, 1.807) is 27.7 Å². The van der Waals surface area contributed by atoms with Gasteiger partial charge >= 0.3 is 101 Å². The second-order valence-electron chi connectivity index (χ2n) is 4.12. The molecule has 0 atom stereocenters. The normalized spacial score (nSPS) is 15.2. The summed E-state index contributed by atoms with van der Waals surface area (Å²) in [4.78, 5) is 20.1. The standard InChI is InChI=1S/C9H20ClN2O3P/c1-8(2)12(9(3)4)16(10,13,14)15-7-5-6-11/h8-9,13-14H,5,7H2,1-4H3. The molecule has 2 N–H and O–H groups in total. The molecule has 0 radical (unpaired) electrons. The van der Waals surface area contributed by atoms with Crippen LogP contribution in [0.3, 0.4) is 0 Å². The summed E-state index contributed by atoms with van der Waals surface area (Å²) in [5.74, 6) is 0. The van der Waals surface area contributed by atoms with Crippen molar-refractivity contribution in [3.63, 3.8) is 0 Å². The molecule has 0 aliphatic carbocycles. The zero-order valence-corrected chi connectivity index (χ0v) is 11.7. The third-order valence-electron chi connectivity index (χ3n) is 1.97. The Morgan fingerprint density at radius 2 is 1.75 bits per heavy atom. The van der Waals surface area contributed by atoms with E-state index in [1.165, 1.54) is 4.67 Å². The molecule has 5 nitrogen and oxygen atoms in total. The molecule has 0 unspecified atom stereocenters. The Kier molecular flexibility index (Phi) is 5.61. The topological polar surface area (TPSA) is 76.7 Å². The van der Waals surface area contributed by atoms with Gasteiger partial charge in [0.2, 0.25) is 0 Å². The van der Waals surface area contributed by atoms with E-state index in [0.29, 0.717) is 0 Å². The Morgan fingerprint density at radius 1 is 1.31 bits per heavy atom. The summed E-state index contributed by atoms with van der Waals surface area (Å²) in [5, 5.41) is 8.37. The van der Waals surface area contributed by atoms with Crippen LogP contribution in [0, 0.1) is 11.3 Å². The maximum atomic E-state index is 10.1. The second-order valence-corrected chi connectivity index (χ2v) is 8.23. The van der Waals surface area contributed by atoms with Gasteiger partial charge in [0.25, 0.3) is 0 Å². The van der Waals surface area contributed by atoms with E-state index < -0.39 is 6.79 Å². The molecule has 0 rings (SSSR count). The van der Waals surface area contributed by atoms with Gasteiger partial charge in [-0.2, -0.15) is 0 Å². The predicted molar refractivity (Wildman–Crippen MR) is 65.5 cm³/mol. The van der Waals surface area contributed by atoms with Crippen LogP contribution in [0.25, 0.3) is 0 Å². The number of halogens is 1. The molecule has 0 fully saturated rings. The van der Waals surface area contributed by atoms with Crippen molar-refractivity contribution < 1.29 is 14.3 Å². The molecule has 0 aliphatic rings. The van der Waals surface area contributed by atoms with Gasteiger partial charge in [0, 0.05) is 0 Å². The first-order chi connectivity index (χ1) is 7.10. The molecule has 0 aromatic carbocycles. The molecule has 7 heteroatoms. The summed E-state index contributed by atoms with van der Waals surface area (Å²) in [6.07, 6.45) is 0.0652. The zero-order valence-electron chi connectivity index (χ0n) is 10.1. The number of nitriles is 1. The average Bonchev–Trinajstić information content (AvgIpc) is 1.99. The van der Waals surface area contributed by atoms with Crippen molar-refractivity contribution in [2.75, 3.05) is 6.61 Å². The number of nitrogens with zero attached hydrogens (tertiary/aromatic N) is 2. The van der Waals surface area contributed by atoms with Gasteiger partial charge in [-0.25, -0.2) is 0 Å². The predicted octanol–water partition coefficient (Wildman–Crippen LogP) is 2.39. The van der Waals surface area contributed by atoms with Crippen molar-refractivity contribution in [1.29, 1.82) is 5.26 Å². The quantitative estimate of drug-likeness (QED) is 0.572. The van der Waals surface area contributed by atoms with Crippen molar-refractivity contribution in [3.05, 3.63) is 0 Å². The van der Waals surface area contributed by atoms with Crippen LogP contribution in [0.1, 0.15) is 34.1 Å². The van der Waals surface area contributed by atoms with E-state index in [1.807, 2.05) is 6.07 Å². The van der Waals surface area contributed by atoms with Gasteiger partial charge in [0.15, 0.2) is 0 Å². The SMILES string of the molecule is CC(C)N(C(C)C)P(O)(O)(Cl)OCCC#N. The molecule has 0 aromatic rings. The number of rotatable bonds is 6. The van der Waals surface area contributed by atoms with Gasteiger partial charge in [-0.3, -0.25) is 0 Å². The van der Waals surface area contributed by atoms with Gasteiger partial charge in [0.05, 0.1) is 0 Å². The first kappa shape index (κ1) is 16.1. The summed E-state index contributed by atoms with van der Waals surface area (Å²) < 4.78 is 6.29. The number of hydrogen-bond acceptors (Lipinski definition) is 5. The van der Waals surface area contributed by atoms with E-state index >= 15 is 0 Å². The van der Waals surface area contributed by atoms with Crippen LogP contribution in [0.4, 0.5) is 0 Å². The van der Waals surface area contributed by atoms with Gasteiger partial charge in [0.1, 0.15) is 0 Å². The Hall–Kier alpha value is 0.0500. The Morgan fingerprint density at radius 3 is 2.06 bits per heavy atom. The molecular formula is C9H20ClN2O3P. The molecule has 96 valence electrons. The fourth-order valence-electron chi connectivity index (χ4n) is 1.69. The van der Waals surface area contributed by atoms with E-state index in [0.717, 1.165) is 0 Å². The zero-order chi connectivity index (χ0) is 13.0. The number of hydrogen-bond donors (Lipinski definition) is 2. The summed E-state index contributed by atoms with van der Waals surface area (Å²) in [6, 6.07) is 1.50. The van der Waals surface area contributed by atoms with Crippen molar-refractivity contribution in [2.45, 2.75) is 46.2 Å². The van der Waals surface area contributed by atoms with Gasteiger partial charge < -0.3 is 0 Å². The first-order valence-corrected chi connectivity index (χ1v) is 8.06. The monoisotopic (exact) mass is 270 g/mol. The van der Waals surface area contributed by atoms with Gasteiger partial charge in [-0.05, 0) is 0 Å². The summed E-state index contributed by atoms with van der Waals surface area (Å²) >= 11 is 5.82. The minimum atomic E-state index is -4.82. The summed E-state index contributed by atoms with van der Waals surface area (Å²) in [6.45, 7) is 2.27. The van der Waals surface area contributed by atoms with Gasteiger partial charge in [-0.1, -0.05) is 0 Å².